The fraction of sp³-hybridized carbons (Fsp3) is 0.846. The highest BCUT2D eigenvalue weighted by atomic mass is 16.5. The first-order chi connectivity index (χ1) is 8.83. The summed E-state index contributed by atoms with van der Waals surface area (Å²) >= 11 is 0. The number of likely N-dealkylation sites (tertiary alicyclic amines) is 1. The molecular weight excluding hydrogens is 228 g/mol. The lowest BCUT2D eigenvalue weighted by Crippen LogP contribution is -2.23. The maximum Gasteiger partial charge on any atom is 0.146 e. The SMILES string of the molecule is CCCOCC1CCN(Cc2nncn2CC)C1. The van der Waals surface area contributed by atoms with Crippen LogP contribution in [-0.4, -0.2) is 46.0 Å². The van der Waals surface area contributed by atoms with E-state index in [2.05, 4.69) is 33.5 Å². The van der Waals surface area contributed by atoms with Gasteiger partial charge in [0.05, 0.1) is 13.2 Å². The summed E-state index contributed by atoms with van der Waals surface area (Å²) in [6.45, 7) is 10.2. The van der Waals surface area contributed by atoms with Crippen LogP contribution >= 0.6 is 0 Å². The van der Waals surface area contributed by atoms with E-state index in [0.717, 1.165) is 51.6 Å². The van der Waals surface area contributed by atoms with Crippen LogP contribution in [0.2, 0.25) is 0 Å². The molecule has 102 valence electrons. The third kappa shape index (κ3) is 3.53. The minimum atomic E-state index is 0.689. The molecule has 1 aliphatic rings. The van der Waals surface area contributed by atoms with Gasteiger partial charge in [0.1, 0.15) is 12.2 Å². The van der Waals surface area contributed by atoms with Gasteiger partial charge in [0.25, 0.3) is 0 Å². The number of aromatic nitrogens is 3. The van der Waals surface area contributed by atoms with Gasteiger partial charge in [-0.15, -0.1) is 10.2 Å². The molecule has 1 aromatic rings. The zero-order chi connectivity index (χ0) is 12.8. The zero-order valence-corrected chi connectivity index (χ0v) is 11.5. The maximum absolute atomic E-state index is 5.64. The van der Waals surface area contributed by atoms with Gasteiger partial charge in [-0.3, -0.25) is 4.90 Å². The summed E-state index contributed by atoms with van der Waals surface area (Å²) in [6, 6.07) is 0. The summed E-state index contributed by atoms with van der Waals surface area (Å²) in [6.07, 6.45) is 4.16. The topological polar surface area (TPSA) is 43.2 Å². The molecule has 1 aromatic heterocycles. The molecule has 0 amide bonds. The molecule has 1 unspecified atom stereocenters. The third-order valence-electron chi connectivity index (χ3n) is 3.47. The Kier molecular flexibility index (Phi) is 5.13. The summed E-state index contributed by atoms with van der Waals surface area (Å²) in [5.41, 5.74) is 0. The van der Waals surface area contributed by atoms with Crippen molar-refractivity contribution in [3.63, 3.8) is 0 Å². The van der Waals surface area contributed by atoms with Crippen molar-refractivity contribution in [2.24, 2.45) is 5.92 Å². The molecule has 2 rings (SSSR count). The number of hydrogen-bond acceptors (Lipinski definition) is 4. The van der Waals surface area contributed by atoms with Crippen LogP contribution in [0, 0.1) is 5.92 Å². The van der Waals surface area contributed by atoms with Crippen molar-refractivity contribution in [2.45, 2.75) is 39.8 Å². The van der Waals surface area contributed by atoms with E-state index in [0.29, 0.717) is 5.92 Å². The average Bonchev–Trinajstić information content (AvgIpc) is 2.99. The van der Waals surface area contributed by atoms with Gasteiger partial charge < -0.3 is 9.30 Å². The third-order valence-corrected chi connectivity index (χ3v) is 3.47. The van der Waals surface area contributed by atoms with E-state index in [-0.39, 0.29) is 0 Å². The van der Waals surface area contributed by atoms with Gasteiger partial charge in [-0.1, -0.05) is 6.92 Å². The van der Waals surface area contributed by atoms with Crippen LogP contribution in [0.25, 0.3) is 0 Å². The maximum atomic E-state index is 5.64. The summed E-state index contributed by atoms with van der Waals surface area (Å²) in [5, 5.41) is 8.17. The van der Waals surface area contributed by atoms with Gasteiger partial charge in [-0.25, -0.2) is 0 Å². The molecule has 1 aliphatic heterocycles. The first-order valence-corrected chi connectivity index (χ1v) is 7.00. The predicted octanol–water partition coefficient (Wildman–Crippen LogP) is 1.55. The molecule has 1 saturated heterocycles. The lowest BCUT2D eigenvalue weighted by Gasteiger charge is -2.15. The molecule has 0 bridgehead atoms. The molecule has 0 aromatic carbocycles. The van der Waals surface area contributed by atoms with E-state index in [1.54, 1.807) is 0 Å². The minimum absolute atomic E-state index is 0.689. The minimum Gasteiger partial charge on any atom is -0.381 e. The van der Waals surface area contributed by atoms with E-state index < -0.39 is 0 Å². The summed E-state index contributed by atoms with van der Waals surface area (Å²) in [4.78, 5) is 2.45. The molecule has 2 heterocycles. The predicted molar refractivity (Wildman–Crippen MR) is 70.2 cm³/mol. The van der Waals surface area contributed by atoms with Crippen molar-refractivity contribution in [2.75, 3.05) is 26.3 Å². The number of hydrogen-bond donors (Lipinski definition) is 0. The molecule has 0 N–H and O–H groups in total. The smallest absolute Gasteiger partial charge is 0.146 e. The standard InChI is InChI=1S/C13H24N4O/c1-3-7-18-10-12-5-6-16(8-12)9-13-15-14-11-17(13)4-2/h11-12H,3-10H2,1-2H3. The van der Waals surface area contributed by atoms with Crippen LogP contribution in [-0.2, 0) is 17.8 Å². The Hall–Kier alpha value is -0.940. The Morgan fingerprint density at radius 3 is 3.11 bits per heavy atom. The molecule has 5 heteroatoms. The lowest BCUT2D eigenvalue weighted by atomic mass is 10.1. The number of aryl methyl sites for hydroxylation is 1. The molecule has 0 spiro atoms. The Morgan fingerprint density at radius 2 is 2.33 bits per heavy atom. The normalized spacial score (nSPS) is 20.7. The van der Waals surface area contributed by atoms with Crippen LogP contribution < -0.4 is 0 Å². The van der Waals surface area contributed by atoms with E-state index >= 15 is 0 Å². The highest BCUT2D eigenvalue weighted by molar-refractivity contribution is 4.88. The van der Waals surface area contributed by atoms with Crippen LogP contribution in [0.5, 0.6) is 0 Å². The van der Waals surface area contributed by atoms with E-state index in [1.165, 1.54) is 6.42 Å². The number of nitrogens with zero attached hydrogens (tertiary/aromatic N) is 4. The Labute approximate surface area is 109 Å². The van der Waals surface area contributed by atoms with Crippen molar-refractivity contribution < 1.29 is 4.74 Å². The van der Waals surface area contributed by atoms with Crippen LogP contribution in [0.4, 0.5) is 0 Å². The first kappa shape index (κ1) is 13.5. The second-order valence-corrected chi connectivity index (χ2v) is 5.00. The average molecular weight is 252 g/mol. The van der Waals surface area contributed by atoms with E-state index in [4.69, 9.17) is 4.74 Å². The molecule has 5 nitrogen and oxygen atoms in total. The fourth-order valence-corrected chi connectivity index (χ4v) is 2.45. The van der Waals surface area contributed by atoms with Gasteiger partial charge in [0.2, 0.25) is 0 Å². The summed E-state index contributed by atoms with van der Waals surface area (Å²) < 4.78 is 7.75. The van der Waals surface area contributed by atoms with Gasteiger partial charge in [0, 0.05) is 19.7 Å². The van der Waals surface area contributed by atoms with Gasteiger partial charge in [-0.05, 0) is 32.2 Å². The van der Waals surface area contributed by atoms with Crippen molar-refractivity contribution in [1.29, 1.82) is 0 Å². The van der Waals surface area contributed by atoms with Gasteiger partial charge >= 0.3 is 0 Å². The number of rotatable bonds is 7. The highest BCUT2D eigenvalue weighted by Gasteiger charge is 2.23. The molecule has 1 atom stereocenters. The zero-order valence-electron chi connectivity index (χ0n) is 11.5. The lowest BCUT2D eigenvalue weighted by molar-refractivity contribution is 0.101. The van der Waals surface area contributed by atoms with Crippen molar-refractivity contribution >= 4 is 0 Å². The van der Waals surface area contributed by atoms with Crippen LogP contribution in [0.1, 0.15) is 32.5 Å². The van der Waals surface area contributed by atoms with Crippen molar-refractivity contribution in [1.82, 2.24) is 19.7 Å². The Morgan fingerprint density at radius 1 is 1.44 bits per heavy atom. The second-order valence-electron chi connectivity index (χ2n) is 5.00. The first-order valence-electron chi connectivity index (χ1n) is 7.00. The van der Waals surface area contributed by atoms with Gasteiger partial charge in [-0.2, -0.15) is 0 Å². The van der Waals surface area contributed by atoms with Crippen LogP contribution in [0.15, 0.2) is 6.33 Å². The summed E-state index contributed by atoms with van der Waals surface area (Å²) in [7, 11) is 0. The van der Waals surface area contributed by atoms with E-state index in [1.807, 2.05) is 6.33 Å². The van der Waals surface area contributed by atoms with Gasteiger partial charge in [0.15, 0.2) is 0 Å². The quantitative estimate of drug-likeness (QED) is 0.691. The summed E-state index contributed by atoms with van der Waals surface area (Å²) in [5.74, 6) is 1.77. The molecule has 0 aliphatic carbocycles. The molecule has 18 heavy (non-hydrogen) atoms. The van der Waals surface area contributed by atoms with E-state index in [9.17, 15) is 0 Å². The molecular formula is C13H24N4O. The Balaban J connectivity index is 1.75. The number of ether oxygens (including phenoxy) is 1. The fourth-order valence-electron chi connectivity index (χ4n) is 2.45. The highest BCUT2D eigenvalue weighted by Crippen LogP contribution is 2.18. The van der Waals surface area contributed by atoms with Crippen LogP contribution in [0.3, 0.4) is 0 Å². The molecule has 1 fully saturated rings. The Bertz CT molecular complexity index is 353. The molecule has 0 radical (unpaired) electrons. The largest absolute Gasteiger partial charge is 0.381 e. The van der Waals surface area contributed by atoms with Crippen molar-refractivity contribution in [3.8, 4) is 0 Å². The second kappa shape index (κ2) is 6.85. The van der Waals surface area contributed by atoms with Crippen molar-refractivity contribution in [3.05, 3.63) is 12.2 Å². The monoisotopic (exact) mass is 252 g/mol. The molecule has 0 saturated carbocycles.